The molecule has 2 amide bonds. The van der Waals surface area contributed by atoms with Crippen molar-refractivity contribution in [3.05, 3.63) is 29.8 Å². The first kappa shape index (κ1) is 16.2. The third-order valence-electron chi connectivity index (χ3n) is 2.87. The third kappa shape index (κ3) is 5.43. The zero-order valence-corrected chi connectivity index (χ0v) is 12.5. The zero-order valence-electron chi connectivity index (χ0n) is 12.5. The van der Waals surface area contributed by atoms with E-state index >= 15 is 0 Å². The molecule has 0 bridgehead atoms. The van der Waals surface area contributed by atoms with Gasteiger partial charge in [-0.25, -0.2) is 0 Å². The Labute approximate surface area is 121 Å². The first-order valence-corrected chi connectivity index (χ1v) is 7.21. The molecule has 110 valence electrons. The number of para-hydroxylation sites is 1. The lowest BCUT2D eigenvalue weighted by molar-refractivity contribution is -0.116. The summed E-state index contributed by atoms with van der Waals surface area (Å²) < 4.78 is 0. The summed E-state index contributed by atoms with van der Waals surface area (Å²) in [4.78, 5) is 23.9. The molecule has 0 aliphatic rings. The van der Waals surface area contributed by atoms with Crippen molar-refractivity contribution in [1.82, 2.24) is 5.32 Å². The van der Waals surface area contributed by atoms with E-state index in [1.165, 1.54) is 0 Å². The Hall–Kier alpha value is -1.84. The lowest BCUT2D eigenvalue weighted by atomic mass is 10.1. The second kappa shape index (κ2) is 8.35. The highest BCUT2D eigenvalue weighted by Crippen LogP contribution is 2.15. The SMILES string of the molecule is CCCCC(=O)Nc1ccccc1C(=O)NCC(C)C. The third-order valence-corrected chi connectivity index (χ3v) is 2.87. The minimum Gasteiger partial charge on any atom is -0.352 e. The van der Waals surface area contributed by atoms with E-state index in [0.717, 1.165) is 12.8 Å². The average molecular weight is 276 g/mol. The predicted octanol–water partition coefficient (Wildman–Crippen LogP) is 3.20. The van der Waals surface area contributed by atoms with Gasteiger partial charge in [-0.3, -0.25) is 9.59 Å². The molecule has 0 heterocycles. The maximum Gasteiger partial charge on any atom is 0.253 e. The van der Waals surface area contributed by atoms with Gasteiger partial charge in [0.25, 0.3) is 5.91 Å². The van der Waals surface area contributed by atoms with Gasteiger partial charge in [0, 0.05) is 13.0 Å². The molecule has 0 saturated heterocycles. The molecule has 1 aromatic rings. The Bertz CT molecular complexity index is 456. The van der Waals surface area contributed by atoms with Crippen molar-refractivity contribution in [2.24, 2.45) is 5.92 Å². The Morgan fingerprint density at radius 2 is 1.90 bits per heavy atom. The molecule has 0 fully saturated rings. The highest BCUT2D eigenvalue weighted by Gasteiger charge is 2.12. The van der Waals surface area contributed by atoms with Crippen LogP contribution in [0.3, 0.4) is 0 Å². The number of benzene rings is 1. The topological polar surface area (TPSA) is 58.2 Å². The molecule has 0 radical (unpaired) electrons. The van der Waals surface area contributed by atoms with Crippen LogP contribution in [-0.4, -0.2) is 18.4 Å². The van der Waals surface area contributed by atoms with Gasteiger partial charge in [0.1, 0.15) is 0 Å². The summed E-state index contributed by atoms with van der Waals surface area (Å²) in [5.41, 5.74) is 1.09. The van der Waals surface area contributed by atoms with Gasteiger partial charge in [-0.1, -0.05) is 39.3 Å². The van der Waals surface area contributed by atoms with Gasteiger partial charge >= 0.3 is 0 Å². The van der Waals surface area contributed by atoms with Crippen molar-refractivity contribution in [1.29, 1.82) is 0 Å². The zero-order chi connectivity index (χ0) is 15.0. The van der Waals surface area contributed by atoms with Gasteiger partial charge in [0.05, 0.1) is 11.3 Å². The molecule has 4 nitrogen and oxygen atoms in total. The number of hydrogen-bond acceptors (Lipinski definition) is 2. The number of rotatable bonds is 7. The molecular weight excluding hydrogens is 252 g/mol. The summed E-state index contributed by atoms with van der Waals surface area (Å²) in [6, 6.07) is 7.10. The molecule has 2 N–H and O–H groups in total. The number of anilines is 1. The van der Waals surface area contributed by atoms with Crippen LogP contribution in [0.25, 0.3) is 0 Å². The molecule has 1 aromatic carbocycles. The maximum absolute atomic E-state index is 12.1. The van der Waals surface area contributed by atoms with Crippen LogP contribution in [0.1, 0.15) is 50.4 Å². The summed E-state index contributed by atoms with van der Waals surface area (Å²) in [5, 5.41) is 5.68. The second-order valence-corrected chi connectivity index (χ2v) is 5.30. The van der Waals surface area contributed by atoms with E-state index in [1.807, 2.05) is 26.8 Å². The van der Waals surface area contributed by atoms with E-state index in [1.54, 1.807) is 18.2 Å². The molecular formula is C16H24N2O2. The van der Waals surface area contributed by atoms with Gasteiger partial charge in [-0.05, 0) is 24.5 Å². The monoisotopic (exact) mass is 276 g/mol. The summed E-state index contributed by atoms with van der Waals surface area (Å²) in [5.74, 6) is 0.200. The van der Waals surface area contributed by atoms with E-state index < -0.39 is 0 Å². The number of carbonyl (C=O) groups is 2. The number of hydrogen-bond donors (Lipinski definition) is 2. The Morgan fingerprint density at radius 1 is 1.20 bits per heavy atom. The van der Waals surface area contributed by atoms with E-state index in [4.69, 9.17) is 0 Å². The molecule has 0 unspecified atom stereocenters. The Morgan fingerprint density at radius 3 is 2.55 bits per heavy atom. The van der Waals surface area contributed by atoms with Gasteiger partial charge in [0.15, 0.2) is 0 Å². The van der Waals surface area contributed by atoms with Crippen LogP contribution in [-0.2, 0) is 4.79 Å². The lowest BCUT2D eigenvalue weighted by Crippen LogP contribution is -2.28. The van der Waals surface area contributed by atoms with Crippen molar-refractivity contribution in [3.8, 4) is 0 Å². The smallest absolute Gasteiger partial charge is 0.253 e. The van der Waals surface area contributed by atoms with E-state index in [9.17, 15) is 9.59 Å². The molecule has 0 aliphatic carbocycles. The van der Waals surface area contributed by atoms with Crippen LogP contribution >= 0.6 is 0 Å². The number of carbonyl (C=O) groups excluding carboxylic acids is 2. The fourth-order valence-electron chi connectivity index (χ4n) is 1.73. The normalized spacial score (nSPS) is 10.4. The van der Waals surface area contributed by atoms with Crippen LogP contribution in [0.15, 0.2) is 24.3 Å². The quantitative estimate of drug-likeness (QED) is 0.803. The second-order valence-electron chi connectivity index (χ2n) is 5.30. The Kier molecular flexibility index (Phi) is 6.77. The van der Waals surface area contributed by atoms with Crippen LogP contribution < -0.4 is 10.6 Å². The van der Waals surface area contributed by atoms with Crippen LogP contribution in [0.5, 0.6) is 0 Å². The van der Waals surface area contributed by atoms with E-state index in [-0.39, 0.29) is 11.8 Å². The van der Waals surface area contributed by atoms with Crippen molar-refractivity contribution in [2.75, 3.05) is 11.9 Å². The summed E-state index contributed by atoms with van der Waals surface area (Å²) in [7, 11) is 0. The van der Waals surface area contributed by atoms with E-state index in [2.05, 4.69) is 10.6 Å². The van der Waals surface area contributed by atoms with Crippen molar-refractivity contribution >= 4 is 17.5 Å². The van der Waals surface area contributed by atoms with Crippen LogP contribution in [0, 0.1) is 5.92 Å². The fraction of sp³-hybridized carbons (Fsp3) is 0.500. The number of unbranched alkanes of at least 4 members (excludes halogenated alkanes) is 1. The molecule has 0 aliphatic heterocycles. The van der Waals surface area contributed by atoms with Crippen molar-refractivity contribution < 1.29 is 9.59 Å². The van der Waals surface area contributed by atoms with Gasteiger partial charge in [-0.15, -0.1) is 0 Å². The lowest BCUT2D eigenvalue weighted by Gasteiger charge is -2.12. The first-order valence-electron chi connectivity index (χ1n) is 7.21. The molecule has 4 heteroatoms. The van der Waals surface area contributed by atoms with Crippen molar-refractivity contribution in [3.63, 3.8) is 0 Å². The molecule has 0 aromatic heterocycles. The van der Waals surface area contributed by atoms with E-state index in [0.29, 0.717) is 30.1 Å². The molecule has 0 atom stereocenters. The molecule has 0 spiro atoms. The first-order chi connectivity index (χ1) is 9.54. The van der Waals surface area contributed by atoms with Gasteiger partial charge in [-0.2, -0.15) is 0 Å². The average Bonchev–Trinajstić information content (AvgIpc) is 2.43. The standard InChI is InChI=1S/C16H24N2O2/c1-4-5-10-15(19)18-14-9-7-6-8-13(14)16(20)17-11-12(2)3/h6-9,12H,4-5,10-11H2,1-3H3,(H,17,20)(H,18,19). The maximum atomic E-state index is 12.1. The van der Waals surface area contributed by atoms with Crippen LogP contribution in [0.2, 0.25) is 0 Å². The van der Waals surface area contributed by atoms with Gasteiger partial charge < -0.3 is 10.6 Å². The number of amides is 2. The number of nitrogens with one attached hydrogen (secondary N) is 2. The summed E-state index contributed by atoms with van der Waals surface area (Å²) in [6.07, 6.45) is 2.32. The van der Waals surface area contributed by atoms with Crippen LogP contribution in [0.4, 0.5) is 5.69 Å². The minimum atomic E-state index is -0.148. The Balaban J connectivity index is 2.72. The molecule has 0 saturated carbocycles. The highest BCUT2D eigenvalue weighted by molar-refractivity contribution is 6.03. The molecule has 20 heavy (non-hydrogen) atoms. The fourth-order valence-corrected chi connectivity index (χ4v) is 1.73. The van der Waals surface area contributed by atoms with Gasteiger partial charge in [0.2, 0.25) is 5.91 Å². The minimum absolute atomic E-state index is 0.0454. The largest absolute Gasteiger partial charge is 0.352 e. The highest BCUT2D eigenvalue weighted by atomic mass is 16.2. The summed E-state index contributed by atoms with van der Waals surface area (Å²) in [6.45, 7) is 6.74. The summed E-state index contributed by atoms with van der Waals surface area (Å²) >= 11 is 0. The predicted molar refractivity (Wildman–Crippen MR) is 81.8 cm³/mol. The molecule has 1 rings (SSSR count). The van der Waals surface area contributed by atoms with Crippen molar-refractivity contribution in [2.45, 2.75) is 40.0 Å².